The van der Waals surface area contributed by atoms with Gasteiger partial charge in [0.05, 0.1) is 34.4 Å². The first-order valence-corrected chi connectivity index (χ1v) is 8.52. The van der Waals surface area contributed by atoms with Crippen LogP contribution in [0, 0.1) is 11.3 Å². The molecule has 3 aromatic heterocycles. The van der Waals surface area contributed by atoms with E-state index in [1.165, 1.54) is 30.7 Å². The summed E-state index contributed by atoms with van der Waals surface area (Å²) >= 11 is 5.70. The molecule has 0 spiro atoms. The number of nitriles is 1. The summed E-state index contributed by atoms with van der Waals surface area (Å²) in [7, 11) is 1.25. The van der Waals surface area contributed by atoms with E-state index in [1.807, 2.05) is 6.07 Å². The average Bonchev–Trinajstić information content (AvgIpc) is 3.19. The Hall–Kier alpha value is -2.22. The highest BCUT2D eigenvalue weighted by Crippen LogP contribution is 2.30. The van der Waals surface area contributed by atoms with Crippen molar-refractivity contribution in [2.75, 3.05) is 12.4 Å². The molecule has 116 valence electrons. The Balaban J connectivity index is 1.92. The fourth-order valence-corrected chi connectivity index (χ4v) is 4.22. The lowest BCUT2D eigenvalue weighted by Gasteiger charge is -2.00. The van der Waals surface area contributed by atoms with Crippen LogP contribution in [-0.4, -0.2) is 28.6 Å². The Morgan fingerprint density at radius 1 is 1.48 bits per heavy atom. The number of nitrogens with zero attached hydrogens (tertiary/aromatic N) is 3. The topological polar surface area (TPSA) is 96.5 Å². The molecule has 0 saturated carbocycles. The summed E-state index contributed by atoms with van der Waals surface area (Å²) in [5, 5.41) is 16.2. The molecule has 0 unspecified atom stereocenters. The number of methoxy groups -OCH3 is 1. The summed E-state index contributed by atoms with van der Waals surface area (Å²) in [4.78, 5) is 24.9. The van der Waals surface area contributed by atoms with Crippen molar-refractivity contribution in [3.8, 4) is 6.07 Å². The summed E-state index contributed by atoms with van der Waals surface area (Å²) in [5.41, 5.74) is 0.595. The molecule has 0 aliphatic rings. The highest BCUT2D eigenvalue weighted by molar-refractivity contribution is 9.11. The van der Waals surface area contributed by atoms with Crippen LogP contribution >= 0.6 is 38.6 Å². The van der Waals surface area contributed by atoms with Crippen molar-refractivity contribution < 1.29 is 14.3 Å². The number of halogens is 1. The molecule has 0 aromatic carbocycles. The molecule has 10 heteroatoms. The molecule has 1 N–H and O–H groups in total. The number of carbonyl (C=O) groups is 2. The van der Waals surface area contributed by atoms with Crippen LogP contribution in [0.2, 0.25) is 0 Å². The van der Waals surface area contributed by atoms with Gasteiger partial charge in [-0.15, -0.1) is 22.7 Å². The zero-order valence-corrected chi connectivity index (χ0v) is 14.7. The Morgan fingerprint density at radius 2 is 2.26 bits per heavy atom. The van der Waals surface area contributed by atoms with Gasteiger partial charge in [0.15, 0.2) is 0 Å². The number of hydrogen-bond donors (Lipinski definition) is 1. The molecule has 7 nitrogen and oxygen atoms in total. The van der Waals surface area contributed by atoms with E-state index >= 15 is 0 Å². The normalized spacial score (nSPS) is 10.5. The quantitative estimate of drug-likeness (QED) is 0.668. The molecular weight excluding hydrogens is 404 g/mol. The number of carbonyl (C=O) groups excluding carboxylic acids is 2. The van der Waals surface area contributed by atoms with Crippen molar-refractivity contribution in [2.45, 2.75) is 0 Å². The molecule has 0 aliphatic carbocycles. The Morgan fingerprint density at radius 3 is 2.96 bits per heavy atom. The van der Waals surface area contributed by atoms with E-state index in [0.29, 0.717) is 15.4 Å². The van der Waals surface area contributed by atoms with Gasteiger partial charge in [0.25, 0.3) is 5.91 Å². The standard InChI is InChI=1S/C13H7BrN4O3S2/c1-21-13(20)8-2-6(3-15)11(22-8)17-10(19)7-4-16-18-5-9(14)23-12(7)18/h2,4-5H,1H3,(H,17,19). The molecule has 0 atom stereocenters. The van der Waals surface area contributed by atoms with E-state index in [1.54, 1.807) is 10.7 Å². The third-order valence-corrected chi connectivity index (χ3v) is 5.50. The largest absolute Gasteiger partial charge is 0.465 e. The van der Waals surface area contributed by atoms with Gasteiger partial charge < -0.3 is 10.1 Å². The summed E-state index contributed by atoms with van der Waals surface area (Å²) in [6, 6.07) is 3.34. The van der Waals surface area contributed by atoms with E-state index < -0.39 is 11.9 Å². The molecular formula is C13H7BrN4O3S2. The SMILES string of the molecule is COC(=O)c1cc(C#N)c(NC(=O)c2cnn3cc(Br)sc23)s1. The Bertz CT molecular complexity index is 966. The fraction of sp³-hybridized carbons (Fsp3) is 0.0769. The van der Waals surface area contributed by atoms with Gasteiger partial charge in [0.2, 0.25) is 0 Å². The minimum Gasteiger partial charge on any atom is -0.465 e. The van der Waals surface area contributed by atoms with Gasteiger partial charge in [-0.2, -0.15) is 10.4 Å². The van der Waals surface area contributed by atoms with Crippen molar-refractivity contribution in [1.29, 1.82) is 5.26 Å². The summed E-state index contributed by atoms with van der Waals surface area (Å²) < 4.78 is 7.05. The first-order chi connectivity index (χ1) is 11.0. The first-order valence-electron chi connectivity index (χ1n) is 6.09. The monoisotopic (exact) mass is 410 g/mol. The number of anilines is 1. The summed E-state index contributed by atoms with van der Waals surface area (Å²) in [6.07, 6.45) is 3.20. The number of amides is 1. The third kappa shape index (κ3) is 2.86. The number of thiophene rings is 1. The average molecular weight is 411 g/mol. The van der Waals surface area contributed by atoms with Crippen LogP contribution in [0.3, 0.4) is 0 Å². The lowest BCUT2D eigenvalue weighted by Crippen LogP contribution is -2.10. The Kier molecular flexibility index (Phi) is 4.16. The van der Waals surface area contributed by atoms with Crippen molar-refractivity contribution in [3.63, 3.8) is 0 Å². The molecule has 3 rings (SSSR count). The first kappa shape index (κ1) is 15.7. The molecule has 3 heterocycles. The number of fused-ring (bicyclic) bond motifs is 1. The fourth-order valence-electron chi connectivity index (χ4n) is 1.85. The van der Waals surface area contributed by atoms with Gasteiger partial charge in [-0.3, -0.25) is 4.79 Å². The number of thiazole rings is 1. The molecule has 3 aromatic rings. The second-order valence-corrected chi connectivity index (χ2v) is 7.72. The third-order valence-electron chi connectivity index (χ3n) is 2.88. The van der Waals surface area contributed by atoms with Gasteiger partial charge in [0, 0.05) is 0 Å². The zero-order chi connectivity index (χ0) is 16.6. The number of ether oxygens (including phenoxy) is 1. The van der Waals surface area contributed by atoms with E-state index in [2.05, 4.69) is 31.1 Å². The lowest BCUT2D eigenvalue weighted by atomic mass is 10.3. The van der Waals surface area contributed by atoms with Crippen molar-refractivity contribution in [2.24, 2.45) is 0 Å². The van der Waals surface area contributed by atoms with Gasteiger partial charge in [0.1, 0.15) is 20.8 Å². The van der Waals surface area contributed by atoms with Crippen molar-refractivity contribution >= 4 is 60.3 Å². The maximum absolute atomic E-state index is 12.4. The molecule has 0 bridgehead atoms. The maximum Gasteiger partial charge on any atom is 0.348 e. The van der Waals surface area contributed by atoms with E-state index in [-0.39, 0.29) is 10.4 Å². The van der Waals surface area contributed by atoms with Crippen LogP contribution < -0.4 is 5.32 Å². The number of nitrogens with one attached hydrogen (secondary N) is 1. The van der Waals surface area contributed by atoms with Gasteiger partial charge >= 0.3 is 5.97 Å². The zero-order valence-electron chi connectivity index (χ0n) is 11.5. The van der Waals surface area contributed by atoms with Crippen molar-refractivity contribution in [1.82, 2.24) is 9.61 Å². The molecule has 0 saturated heterocycles. The van der Waals surface area contributed by atoms with Crippen LogP contribution in [-0.2, 0) is 4.74 Å². The second kappa shape index (κ2) is 6.11. The maximum atomic E-state index is 12.4. The number of hydrogen-bond acceptors (Lipinski definition) is 7. The highest BCUT2D eigenvalue weighted by Gasteiger charge is 2.20. The minimum atomic E-state index is -0.554. The number of esters is 1. The summed E-state index contributed by atoms with van der Waals surface area (Å²) in [6.45, 7) is 0. The van der Waals surface area contributed by atoms with Gasteiger partial charge in [-0.25, -0.2) is 9.31 Å². The smallest absolute Gasteiger partial charge is 0.348 e. The van der Waals surface area contributed by atoms with E-state index in [4.69, 9.17) is 5.26 Å². The van der Waals surface area contributed by atoms with Crippen LogP contribution in [0.4, 0.5) is 5.00 Å². The molecule has 0 fully saturated rings. The van der Waals surface area contributed by atoms with Crippen LogP contribution in [0.1, 0.15) is 25.6 Å². The minimum absolute atomic E-state index is 0.208. The van der Waals surface area contributed by atoms with Crippen molar-refractivity contribution in [3.05, 3.63) is 38.3 Å². The number of rotatable bonds is 3. The van der Waals surface area contributed by atoms with Crippen LogP contribution in [0.25, 0.3) is 4.83 Å². The van der Waals surface area contributed by atoms with E-state index in [9.17, 15) is 9.59 Å². The number of aromatic nitrogens is 2. The lowest BCUT2D eigenvalue weighted by molar-refractivity contribution is 0.0606. The highest BCUT2D eigenvalue weighted by atomic mass is 79.9. The predicted octanol–water partition coefficient (Wildman–Crippen LogP) is 3.13. The van der Waals surface area contributed by atoms with Crippen LogP contribution in [0.5, 0.6) is 0 Å². The summed E-state index contributed by atoms with van der Waals surface area (Å²) in [5.74, 6) is -0.953. The molecule has 0 radical (unpaired) electrons. The second-order valence-electron chi connectivity index (χ2n) is 4.25. The Labute approximate surface area is 146 Å². The van der Waals surface area contributed by atoms with Gasteiger partial charge in [-0.1, -0.05) is 0 Å². The van der Waals surface area contributed by atoms with Crippen LogP contribution in [0.15, 0.2) is 22.2 Å². The van der Waals surface area contributed by atoms with Gasteiger partial charge in [-0.05, 0) is 22.0 Å². The molecule has 1 amide bonds. The van der Waals surface area contributed by atoms with E-state index in [0.717, 1.165) is 15.1 Å². The molecule has 0 aliphatic heterocycles. The predicted molar refractivity (Wildman–Crippen MR) is 89.1 cm³/mol. The molecule has 23 heavy (non-hydrogen) atoms.